The number of ether oxygens (including phenoxy) is 3. The van der Waals surface area contributed by atoms with Crippen LogP contribution in [-0.4, -0.2) is 127 Å². The maximum Gasteiger partial charge on any atom is 0.242 e. The monoisotopic (exact) mass is 770 g/mol. The molecule has 0 saturated carbocycles. The molecule has 54 heavy (non-hydrogen) atoms. The Morgan fingerprint density at radius 2 is 1.87 bits per heavy atom. The molecule has 3 amide bonds. The molecular formula is C36H42N4O13S. The summed E-state index contributed by atoms with van der Waals surface area (Å²) in [5.74, 6) is -3.88. The Hall–Kier alpha value is -4.43. The smallest absolute Gasteiger partial charge is 0.242 e. The van der Waals surface area contributed by atoms with Crippen molar-refractivity contribution in [3.05, 3.63) is 51.6 Å². The second-order valence-corrected chi connectivity index (χ2v) is 15.1. The number of amides is 3. The van der Waals surface area contributed by atoms with Crippen molar-refractivity contribution in [2.24, 2.45) is 10.8 Å². The first-order chi connectivity index (χ1) is 25.6. The highest BCUT2D eigenvalue weighted by molar-refractivity contribution is 8.00. The summed E-state index contributed by atoms with van der Waals surface area (Å²) in [5.41, 5.74) is 4.16. The molecule has 6 rings (SSSR count). The highest BCUT2D eigenvalue weighted by Gasteiger charge is 2.50. The van der Waals surface area contributed by atoms with Crippen molar-refractivity contribution in [3.63, 3.8) is 0 Å². The van der Waals surface area contributed by atoms with Crippen LogP contribution in [0.15, 0.2) is 23.3 Å². The van der Waals surface area contributed by atoms with Gasteiger partial charge in [0.25, 0.3) is 0 Å². The van der Waals surface area contributed by atoms with E-state index < -0.39 is 113 Å². The number of aliphatic hydroxyl groups excluding tert-OH is 2. The lowest BCUT2D eigenvalue weighted by molar-refractivity contribution is -0.245. The molecule has 0 bridgehead atoms. The summed E-state index contributed by atoms with van der Waals surface area (Å²) >= 11 is 1.34. The van der Waals surface area contributed by atoms with Crippen LogP contribution in [0.5, 0.6) is 17.2 Å². The van der Waals surface area contributed by atoms with Crippen molar-refractivity contribution in [3.8, 4) is 17.2 Å². The predicted octanol–water partition coefficient (Wildman–Crippen LogP) is 0.175. The van der Waals surface area contributed by atoms with Gasteiger partial charge in [-0.15, -0.1) is 11.8 Å². The Labute approximate surface area is 313 Å². The molecule has 4 aliphatic rings. The highest BCUT2D eigenvalue weighted by atomic mass is 32.2. The van der Waals surface area contributed by atoms with E-state index >= 15 is 0 Å². The van der Waals surface area contributed by atoms with Gasteiger partial charge in [-0.2, -0.15) is 5.10 Å². The first kappa shape index (κ1) is 39.3. The van der Waals surface area contributed by atoms with Crippen LogP contribution >= 0.6 is 11.8 Å². The summed E-state index contributed by atoms with van der Waals surface area (Å²) in [4.78, 5) is 66.7. The van der Waals surface area contributed by atoms with E-state index in [1.807, 2.05) is 6.92 Å². The number of methoxy groups -OCH3 is 1. The maximum absolute atomic E-state index is 14.0. The number of phenols is 2. The normalized spacial score (nSPS) is 28.1. The number of aliphatic hydroxyl groups is 3. The molecule has 2 fully saturated rings. The van der Waals surface area contributed by atoms with Crippen LogP contribution in [0.1, 0.15) is 88.6 Å². The van der Waals surface area contributed by atoms with Gasteiger partial charge in [-0.1, -0.05) is 19.1 Å². The number of nitrogens with zero attached hydrogens (tertiary/aromatic N) is 2. The minimum absolute atomic E-state index is 0.0346. The molecule has 2 heterocycles. The standard InChI is InChI=1S/C36H42N4O13S/c1-4-54-21-11-24(43)40(35(21)49)9-8-23(42)39-38-22(14-41)36(50)12-17-27(20(13-36)53-25-10-18(37)30(44)15(2)52-25)34(48)29-28(32(17)46)31(45)16-6-5-7-19(51-3)26(16)33(29)47/h5-7,15,18,20-21,25,30,41,44,46,48,50H,4,8-14,37H2,1-3H3,(H,39,42)/b38-22+/t15?,18?,20?,21?,25?,30?,36-/m0/s1. The first-order valence-corrected chi connectivity index (χ1v) is 18.5. The summed E-state index contributed by atoms with van der Waals surface area (Å²) < 4.78 is 17.4. The Balaban J connectivity index is 1.35. The third-order valence-corrected chi connectivity index (χ3v) is 11.4. The van der Waals surface area contributed by atoms with E-state index in [0.717, 1.165) is 4.90 Å². The number of rotatable bonds is 11. The summed E-state index contributed by atoms with van der Waals surface area (Å²) in [6.45, 7) is 2.30. The van der Waals surface area contributed by atoms with Gasteiger partial charge < -0.3 is 45.5 Å². The third-order valence-electron chi connectivity index (χ3n) is 10.3. The van der Waals surface area contributed by atoms with E-state index in [1.54, 1.807) is 6.92 Å². The molecule has 2 aliphatic carbocycles. The zero-order valence-corrected chi connectivity index (χ0v) is 30.6. The Bertz CT molecular complexity index is 1930. The Morgan fingerprint density at radius 3 is 2.54 bits per heavy atom. The summed E-state index contributed by atoms with van der Waals surface area (Å²) in [6, 6.07) is 3.54. The number of carbonyl (C=O) groups is 5. The molecular weight excluding hydrogens is 728 g/mol. The SMILES string of the molecule is CCSC1CC(=O)N(CCC(=O)N/N=C(\CO)[C@]2(O)Cc3c(O)c4c(c(O)c3C(OC3CC(N)C(O)C(C)O3)C2)C(=O)c2c(OC)cccc2C4=O)C1=O. The molecule has 2 aromatic rings. The lowest BCUT2D eigenvalue weighted by Gasteiger charge is -2.43. The number of nitrogens with one attached hydrogen (secondary N) is 1. The van der Waals surface area contributed by atoms with Gasteiger partial charge in [0.2, 0.25) is 23.5 Å². The van der Waals surface area contributed by atoms with Crippen LogP contribution in [0.4, 0.5) is 0 Å². The van der Waals surface area contributed by atoms with Crippen molar-refractivity contribution in [2.45, 2.75) is 87.4 Å². The van der Waals surface area contributed by atoms with Gasteiger partial charge in [-0.05, 0) is 18.7 Å². The number of hydrogen-bond donors (Lipinski definition) is 7. The van der Waals surface area contributed by atoms with E-state index in [1.165, 1.54) is 37.1 Å². The van der Waals surface area contributed by atoms with Gasteiger partial charge in [0.05, 0.1) is 59.7 Å². The van der Waals surface area contributed by atoms with Gasteiger partial charge in [0, 0.05) is 61.4 Å². The molecule has 0 spiro atoms. The maximum atomic E-state index is 14.0. The molecule has 290 valence electrons. The van der Waals surface area contributed by atoms with Crippen LogP contribution in [0.25, 0.3) is 0 Å². The first-order valence-electron chi connectivity index (χ1n) is 17.4. The average Bonchev–Trinajstić information content (AvgIpc) is 3.40. The number of benzene rings is 2. The average molecular weight is 771 g/mol. The molecule has 2 saturated heterocycles. The summed E-state index contributed by atoms with van der Waals surface area (Å²) in [6.07, 6.45) is -5.76. The second-order valence-electron chi connectivity index (χ2n) is 13.6. The minimum atomic E-state index is -2.21. The Morgan fingerprint density at radius 1 is 1.15 bits per heavy atom. The van der Waals surface area contributed by atoms with Crippen molar-refractivity contribution in [2.75, 3.05) is 26.0 Å². The van der Waals surface area contributed by atoms with E-state index in [4.69, 9.17) is 19.9 Å². The lowest BCUT2D eigenvalue weighted by Crippen LogP contribution is -2.53. The molecule has 0 radical (unpaired) electrons. The van der Waals surface area contributed by atoms with Gasteiger partial charge >= 0.3 is 0 Å². The number of nitrogens with two attached hydrogens (primary N) is 1. The number of phenolic OH excluding ortho intramolecular Hbond substituents is 2. The van der Waals surface area contributed by atoms with Crippen molar-refractivity contribution < 1.29 is 63.7 Å². The van der Waals surface area contributed by atoms with Crippen LogP contribution in [0, 0.1) is 0 Å². The number of ketones is 2. The fourth-order valence-corrected chi connectivity index (χ4v) is 8.45. The van der Waals surface area contributed by atoms with Gasteiger partial charge in [0.1, 0.15) is 22.8 Å². The quantitative estimate of drug-likeness (QED) is 0.0593. The van der Waals surface area contributed by atoms with Gasteiger partial charge in [-0.3, -0.25) is 28.9 Å². The number of likely N-dealkylation sites (tertiary alicyclic amines) is 1. The molecule has 2 aromatic carbocycles. The molecule has 7 atom stereocenters. The summed E-state index contributed by atoms with van der Waals surface area (Å²) in [7, 11) is 1.31. The van der Waals surface area contributed by atoms with Crippen LogP contribution in [-0.2, 0) is 30.3 Å². The number of carbonyl (C=O) groups excluding carboxylic acids is 5. The minimum Gasteiger partial charge on any atom is -0.507 e. The molecule has 17 nitrogen and oxygen atoms in total. The lowest BCUT2D eigenvalue weighted by atomic mass is 9.71. The highest BCUT2D eigenvalue weighted by Crippen LogP contribution is 2.52. The van der Waals surface area contributed by atoms with E-state index in [2.05, 4.69) is 10.5 Å². The number of fused-ring (bicyclic) bond motifs is 3. The fourth-order valence-electron chi connectivity index (χ4n) is 7.52. The third kappa shape index (κ3) is 6.87. The molecule has 6 unspecified atom stereocenters. The number of aromatic hydroxyl groups is 2. The Kier molecular flexibility index (Phi) is 11.2. The van der Waals surface area contributed by atoms with E-state index in [-0.39, 0.29) is 59.7 Å². The zero-order chi connectivity index (χ0) is 39.2. The van der Waals surface area contributed by atoms with Crippen LogP contribution < -0.4 is 15.9 Å². The molecule has 18 heteroatoms. The van der Waals surface area contributed by atoms with Crippen LogP contribution in [0.2, 0.25) is 0 Å². The molecule has 8 N–H and O–H groups in total. The van der Waals surface area contributed by atoms with E-state index in [9.17, 15) is 49.5 Å². The zero-order valence-electron chi connectivity index (χ0n) is 29.7. The largest absolute Gasteiger partial charge is 0.507 e. The predicted molar refractivity (Wildman–Crippen MR) is 190 cm³/mol. The summed E-state index contributed by atoms with van der Waals surface area (Å²) in [5, 5.41) is 60.0. The number of thioether (sulfide) groups is 1. The fraction of sp³-hybridized carbons (Fsp3) is 0.500. The molecule has 2 aliphatic heterocycles. The van der Waals surface area contributed by atoms with Gasteiger partial charge in [0.15, 0.2) is 12.1 Å². The van der Waals surface area contributed by atoms with Gasteiger partial charge in [-0.25, -0.2) is 5.43 Å². The number of hydrogen-bond acceptors (Lipinski definition) is 16. The number of hydrazone groups is 1. The number of imide groups is 1. The van der Waals surface area contributed by atoms with Crippen LogP contribution in [0.3, 0.4) is 0 Å². The second kappa shape index (κ2) is 15.4. The van der Waals surface area contributed by atoms with Crippen molar-refractivity contribution >= 4 is 46.8 Å². The topological polar surface area (TPSA) is 268 Å². The van der Waals surface area contributed by atoms with E-state index in [0.29, 0.717) is 5.75 Å². The molecule has 0 aromatic heterocycles. The van der Waals surface area contributed by atoms with Crippen molar-refractivity contribution in [1.82, 2.24) is 10.3 Å². The van der Waals surface area contributed by atoms with Crippen molar-refractivity contribution in [1.29, 1.82) is 0 Å².